The van der Waals surface area contributed by atoms with E-state index < -0.39 is 22.7 Å². The van der Waals surface area contributed by atoms with Gasteiger partial charge in [-0.2, -0.15) is 0 Å². The lowest BCUT2D eigenvalue weighted by atomic mass is 9.59. The summed E-state index contributed by atoms with van der Waals surface area (Å²) in [5.41, 5.74) is -2.36. The van der Waals surface area contributed by atoms with Gasteiger partial charge < -0.3 is 28.4 Å². The number of rotatable bonds is 6. The Bertz CT molecular complexity index is 951. The molecule has 9 nitrogen and oxygen atoms in total. The minimum atomic E-state index is -0.847. The van der Waals surface area contributed by atoms with Crippen LogP contribution in [-0.4, -0.2) is 75.4 Å². The van der Waals surface area contributed by atoms with Crippen molar-refractivity contribution >= 4 is 17.9 Å². The van der Waals surface area contributed by atoms with Crippen LogP contribution in [0.15, 0.2) is 0 Å². The summed E-state index contributed by atoms with van der Waals surface area (Å²) in [6, 6.07) is 0. The van der Waals surface area contributed by atoms with Gasteiger partial charge in [-0.3, -0.25) is 14.4 Å². The van der Waals surface area contributed by atoms with Crippen molar-refractivity contribution in [3.63, 3.8) is 0 Å². The van der Waals surface area contributed by atoms with Crippen LogP contribution in [0.4, 0.5) is 0 Å². The third-order valence-corrected chi connectivity index (χ3v) is 10.7. The lowest BCUT2D eigenvalue weighted by Crippen LogP contribution is -2.58. The van der Waals surface area contributed by atoms with Crippen molar-refractivity contribution in [3.05, 3.63) is 0 Å². The van der Waals surface area contributed by atoms with Crippen LogP contribution in [0.2, 0.25) is 0 Å². The SMILES string of the molecule is COC[C@]12CC[C@H](OC)[C@@]3(OC1=O)[C@H]1[C@@H]4C[C@@H]5[C@H](OC(C)=O)[C@@H]4[C@](OC(C)=O)(C[C@@H]5OC)[C@H]1C[C@H]23. The predicted molar refractivity (Wildman–Crippen MR) is 119 cm³/mol. The van der Waals surface area contributed by atoms with E-state index in [2.05, 4.69) is 0 Å². The number of fused-ring (bicyclic) bond motifs is 4. The predicted octanol–water partition coefficient (Wildman–Crippen LogP) is 1.89. The first kappa shape index (κ1) is 23.7. The molecule has 0 aromatic rings. The summed E-state index contributed by atoms with van der Waals surface area (Å²) in [7, 11) is 4.99. The zero-order valence-electron chi connectivity index (χ0n) is 21.1. The average Bonchev–Trinajstić information content (AvgIpc) is 3.40. The van der Waals surface area contributed by atoms with Gasteiger partial charge in [-0.05, 0) is 31.6 Å². The number of esters is 3. The molecule has 4 bridgehead atoms. The first-order valence-corrected chi connectivity index (χ1v) is 12.8. The summed E-state index contributed by atoms with van der Waals surface area (Å²) in [6.07, 6.45) is 2.53. The highest BCUT2D eigenvalue weighted by atomic mass is 16.6. The van der Waals surface area contributed by atoms with Gasteiger partial charge in [0, 0.05) is 71.2 Å². The zero-order valence-corrected chi connectivity index (χ0v) is 21.1. The molecule has 12 atom stereocenters. The summed E-state index contributed by atoms with van der Waals surface area (Å²) in [4.78, 5) is 38.3. The molecule has 0 N–H and O–H groups in total. The van der Waals surface area contributed by atoms with Gasteiger partial charge in [0.15, 0.2) is 0 Å². The normalized spacial score (nSPS) is 52.6. The number of carbonyl (C=O) groups is 3. The molecule has 194 valence electrons. The molecule has 6 rings (SSSR count). The second-order valence-corrected chi connectivity index (χ2v) is 11.7. The van der Waals surface area contributed by atoms with Crippen LogP contribution in [0.1, 0.15) is 46.0 Å². The fourth-order valence-electron chi connectivity index (χ4n) is 10.2. The Morgan fingerprint density at radius 1 is 1.03 bits per heavy atom. The minimum absolute atomic E-state index is 0.00408. The van der Waals surface area contributed by atoms with E-state index in [0.717, 1.165) is 6.42 Å². The lowest BCUT2D eigenvalue weighted by Gasteiger charge is -2.49. The highest BCUT2D eigenvalue weighted by Gasteiger charge is 2.86. The Labute approximate surface area is 205 Å². The first-order chi connectivity index (χ1) is 16.7. The van der Waals surface area contributed by atoms with E-state index in [4.69, 9.17) is 28.4 Å². The number of carbonyl (C=O) groups excluding carboxylic acids is 3. The van der Waals surface area contributed by atoms with Crippen LogP contribution in [0, 0.1) is 40.9 Å². The van der Waals surface area contributed by atoms with Crippen molar-refractivity contribution in [1.82, 2.24) is 0 Å². The molecule has 0 radical (unpaired) electrons. The summed E-state index contributed by atoms with van der Waals surface area (Å²) in [5, 5.41) is 0. The van der Waals surface area contributed by atoms with Crippen molar-refractivity contribution in [2.45, 2.75) is 75.5 Å². The second kappa shape index (κ2) is 7.65. The highest BCUT2D eigenvalue weighted by Crippen LogP contribution is 2.77. The van der Waals surface area contributed by atoms with E-state index in [1.165, 1.54) is 13.8 Å². The summed E-state index contributed by atoms with van der Waals surface area (Å²) in [5.74, 6) is -1.18. The molecule has 0 spiro atoms. The van der Waals surface area contributed by atoms with Crippen LogP contribution in [0.3, 0.4) is 0 Å². The largest absolute Gasteiger partial charge is 0.462 e. The second-order valence-electron chi connectivity index (χ2n) is 11.7. The minimum Gasteiger partial charge on any atom is -0.462 e. The smallest absolute Gasteiger partial charge is 0.315 e. The fraction of sp³-hybridized carbons (Fsp3) is 0.885. The molecule has 1 aliphatic heterocycles. The van der Waals surface area contributed by atoms with Crippen molar-refractivity contribution in [2.75, 3.05) is 27.9 Å². The topological polar surface area (TPSA) is 107 Å². The van der Waals surface area contributed by atoms with Gasteiger partial charge in [0.1, 0.15) is 17.3 Å². The molecule has 1 heterocycles. The van der Waals surface area contributed by atoms with Crippen LogP contribution in [0.25, 0.3) is 0 Å². The molecule has 6 fully saturated rings. The van der Waals surface area contributed by atoms with E-state index in [0.29, 0.717) is 32.3 Å². The molecule has 0 unspecified atom stereocenters. The Hall–Kier alpha value is -1.71. The van der Waals surface area contributed by atoms with Crippen molar-refractivity contribution in [2.24, 2.45) is 40.9 Å². The highest BCUT2D eigenvalue weighted by molar-refractivity contribution is 5.82. The quantitative estimate of drug-likeness (QED) is 0.406. The van der Waals surface area contributed by atoms with E-state index in [-0.39, 0.29) is 65.6 Å². The number of hydrogen-bond donors (Lipinski definition) is 0. The monoisotopic (exact) mass is 492 g/mol. The standard InChI is InChI=1S/C26H36O9/c1-12(27)33-22-14-8-15-20-16(25(21(15)22,34-13(2)28)10-17(14)31-4)9-18-24(11-30-3)7-6-19(32-5)26(18,20)35-23(24)29/h14-22H,6-11H2,1-5H3/t14-,15-,16-,17-,18+,19-,20-,21+,22-,24-,25-,26+/m0/s1. The number of methoxy groups -OCH3 is 3. The van der Waals surface area contributed by atoms with Crippen molar-refractivity contribution in [3.8, 4) is 0 Å². The van der Waals surface area contributed by atoms with E-state index in [9.17, 15) is 14.4 Å². The summed E-state index contributed by atoms with van der Waals surface area (Å²) in [6.45, 7) is 3.17. The molecule has 6 aliphatic rings. The third-order valence-electron chi connectivity index (χ3n) is 10.7. The van der Waals surface area contributed by atoms with Crippen molar-refractivity contribution in [1.29, 1.82) is 0 Å². The molecule has 35 heavy (non-hydrogen) atoms. The van der Waals surface area contributed by atoms with Crippen molar-refractivity contribution < 1.29 is 42.8 Å². The molecule has 0 aromatic heterocycles. The zero-order chi connectivity index (χ0) is 24.9. The molecule has 1 saturated heterocycles. The molecular formula is C26H36O9. The Balaban J connectivity index is 1.52. The van der Waals surface area contributed by atoms with Gasteiger partial charge in [0.05, 0.1) is 24.2 Å². The molecule has 0 amide bonds. The summed E-state index contributed by atoms with van der Waals surface area (Å²) >= 11 is 0. The van der Waals surface area contributed by atoms with Gasteiger partial charge in [0.25, 0.3) is 0 Å². The maximum absolute atomic E-state index is 13.5. The van der Waals surface area contributed by atoms with Gasteiger partial charge >= 0.3 is 17.9 Å². The molecule has 0 aromatic carbocycles. The number of hydrogen-bond acceptors (Lipinski definition) is 9. The van der Waals surface area contributed by atoms with E-state index >= 15 is 0 Å². The first-order valence-electron chi connectivity index (χ1n) is 12.8. The molecule has 5 saturated carbocycles. The maximum Gasteiger partial charge on any atom is 0.315 e. The van der Waals surface area contributed by atoms with Crippen LogP contribution in [0.5, 0.6) is 0 Å². The van der Waals surface area contributed by atoms with Crippen LogP contribution >= 0.6 is 0 Å². The molecule has 5 aliphatic carbocycles. The third kappa shape index (κ3) is 2.67. The van der Waals surface area contributed by atoms with Gasteiger partial charge in [-0.15, -0.1) is 0 Å². The fourth-order valence-corrected chi connectivity index (χ4v) is 10.2. The number of ether oxygens (including phenoxy) is 6. The van der Waals surface area contributed by atoms with Gasteiger partial charge in [-0.25, -0.2) is 0 Å². The Morgan fingerprint density at radius 3 is 2.43 bits per heavy atom. The maximum atomic E-state index is 13.5. The van der Waals surface area contributed by atoms with Crippen LogP contribution in [-0.2, 0) is 42.8 Å². The lowest BCUT2D eigenvalue weighted by molar-refractivity contribution is -0.207. The van der Waals surface area contributed by atoms with E-state index in [1.54, 1.807) is 21.3 Å². The van der Waals surface area contributed by atoms with Crippen LogP contribution < -0.4 is 0 Å². The Morgan fingerprint density at radius 2 is 1.80 bits per heavy atom. The van der Waals surface area contributed by atoms with Gasteiger partial charge in [-0.1, -0.05) is 0 Å². The Kier molecular flexibility index (Phi) is 5.17. The molecule has 9 heteroatoms. The van der Waals surface area contributed by atoms with Gasteiger partial charge in [0.2, 0.25) is 0 Å². The summed E-state index contributed by atoms with van der Waals surface area (Å²) < 4.78 is 36.3. The molecular weight excluding hydrogens is 456 g/mol. The van der Waals surface area contributed by atoms with E-state index in [1.807, 2.05) is 0 Å². The average molecular weight is 493 g/mol.